The normalized spacial score (nSPS) is 14.4. The molecule has 11 heteroatoms. The van der Waals surface area contributed by atoms with Crippen LogP contribution in [0.25, 0.3) is 6.08 Å². The Morgan fingerprint density at radius 3 is 2.34 bits per heavy atom. The minimum absolute atomic E-state index is 0.158. The largest absolute Gasteiger partial charge is 0.493 e. The zero-order valence-corrected chi connectivity index (χ0v) is 22.5. The summed E-state index contributed by atoms with van der Waals surface area (Å²) in [6.45, 7) is 0.233. The van der Waals surface area contributed by atoms with E-state index < -0.39 is 23.8 Å². The van der Waals surface area contributed by atoms with Gasteiger partial charge in [-0.1, -0.05) is 39.7 Å². The summed E-state index contributed by atoms with van der Waals surface area (Å²) in [6, 6.07) is 15.3. The third kappa shape index (κ3) is 5.71. The number of anilines is 1. The first-order chi connectivity index (χ1) is 18.2. The standard InChI is InChI=1S/C27H20BrClN2O7/c1-36-22-13-16(12-21(29)23(22)38-14-15-3-7-18(28)8-4-15)11-20-24(32)30-27(35)31(25(20)33)19-9-5-17(6-10-19)26(34)37-2/h3-13H,14H2,1-2H3,(H,30,32,35)/b20-11+. The van der Waals surface area contributed by atoms with Crippen molar-refractivity contribution in [2.45, 2.75) is 6.61 Å². The molecule has 1 aliphatic rings. The average Bonchev–Trinajstić information content (AvgIpc) is 2.91. The SMILES string of the molecule is COC(=O)c1ccc(N2C(=O)NC(=O)/C(=C\c3cc(Cl)c(OCc4ccc(Br)cc4)c(OC)c3)C2=O)cc1. The maximum absolute atomic E-state index is 13.2. The molecule has 0 radical (unpaired) electrons. The number of nitrogens with zero attached hydrogens (tertiary/aromatic N) is 1. The number of halogens is 2. The number of carbonyl (C=O) groups excluding carboxylic acids is 4. The van der Waals surface area contributed by atoms with Crippen LogP contribution in [0.5, 0.6) is 11.5 Å². The molecule has 1 aliphatic heterocycles. The number of ether oxygens (including phenoxy) is 3. The highest BCUT2D eigenvalue weighted by Crippen LogP contribution is 2.38. The van der Waals surface area contributed by atoms with Gasteiger partial charge in [0.05, 0.1) is 30.5 Å². The van der Waals surface area contributed by atoms with Crippen molar-refractivity contribution in [2.75, 3.05) is 19.1 Å². The lowest BCUT2D eigenvalue weighted by Crippen LogP contribution is -2.54. The van der Waals surface area contributed by atoms with Crippen LogP contribution in [0.2, 0.25) is 5.02 Å². The molecule has 194 valence electrons. The number of hydrogen-bond acceptors (Lipinski definition) is 7. The van der Waals surface area contributed by atoms with E-state index in [0.29, 0.717) is 11.3 Å². The van der Waals surface area contributed by atoms with Crippen molar-refractivity contribution in [1.82, 2.24) is 5.32 Å². The molecular weight excluding hydrogens is 580 g/mol. The van der Waals surface area contributed by atoms with Gasteiger partial charge in [-0.2, -0.15) is 0 Å². The lowest BCUT2D eigenvalue weighted by molar-refractivity contribution is -0.122. The van der Waals surface area contributed by atoms with E-state index in [4.69, 9.17) is 21.1 Å². The minimum atomic E-state index is -0.921. The highest BCUT2D eigenvalue weighted by atomic mass is 79.9. The number of amides is 4. The summed E-state index contributed by atoms with van der Waals surface area (Å²) >= 11 is 9.85. The molecule has 3 aromatic carbocycles. The zero-order chi connectivity index (χ0) is 27.4. The third-order valence-corrected chi connectivity index (χ3v) is 6.32. The summed E-state index contributed by atoms with van der Waals surface area (Å²) < 4.78 is 16.9. The Morgan fingerprint density at radius 2 is 1.71 bits per heavy atom. The fourth-order valence-corrected chi connectivity index (χ4v) is 4.16. The van der Waals surface area contributed by atoms with E-state index in [1.165, 1.54) is 50.6 Å². The van der Waals surface area contributed by atoms with Gasteiger partial charge in [-0.3, -0.25) is 14.9 Å². The van der Waals surface area contributed by atoms with Gasteiger partial charge >= 0.3 is 12.0 Å². The first-order valence-electron chi connectivity index (χ1n) is 11.1. The Balaban J connectivity index is 1.61. The highest BCUT2D eigenvalue weighted by Gasteiger charge is 2.37. The molecule has 1 N–H and O–H groups in total. The fourth-order valence-electron chi connectivity index (χ4n) is 3.62. The average molecular weight is 600 g/mol. The second-order valence-electron chi connectivity index (χ2n) is 7.95. The van der Waals surface area contributed by atoms with Gasteiger partial charge in [-0.15, -0.1) is 0 Å². The van der Waals surface area contributed by atoms with Crippen LogP contribution in [0, 0.1) is 0 Å². The number of urea groups is 1. The quantitative estimate of drug-likeness (QED) is 0.227. The van der Waals surface area contributed by atoms with Crippen LogP contribution in [-0.4, -0.2) is 38.0 Å². The molecule has 0 atom stereocenters. The van der Waals surface area contributed by atoms with Crippen LogP contribution in [0.3, 0.4) is 0 Å². The van der Waals surface area contributed by atoms with E-state index in [1.54, 1.807) is 6.07 Å². The highest BCUT2D eigenvalue weighted by molar-refractivity contribution is 9.10. The topological polar surface area (TPSA) is 111 Å². The van der Waals surface area contributed by atoms with Gasteiger partial charge in [0, 0.05) is 4.47 Å². The predicted octanol–water partition coefficient (Wildman–Crippen LogP) is 5.14. The number of methoxy groups -OCH3 is 2. The number of carbonyl (C=O) groups is 4. The van der Waals surface area contributed by atoms with Crippen molar-refractivity contribution >= 4 is 63.1 Å². The van der Waals surface area contributed by atoms with E-state index in [2.05, 4.69) is 26.0 Å². The van der Waals surface area contributed by atoms with Crippen LogP contribution >= 0.6 is 27.5 Å². The van der Waals surface area contributed by atoms with E-state index in [9.17, 15) is 19.2 Å². The van der Waals surface area contributed by atoms with Gasteiger partial charge < -0.3 is 14.2 Å². The molecular formula is C27H20BrClN2O7. The predicted molar refractivity (Wildman–Crippen MR) is 143 cm³/mol. The van der Waals surface area contributed by atoms with E-state index in [-0.39, 0.29) is 34.2 Å². The number of hydrogen-bond donors (Lipinski definition) is 1. The first-order valence-corrected chi connectivity index (χ1v) is 12.2. The molecule has 0 saturated carbocycles. The lowest BCUT2D eigenvalue weighted by Gasteiger charge is -2.26. The van der Waals surface area contributed by atoms with Gasteiger partial charge in [0.2, 0.25) is 0 Å². The molecule has 0 aromatic heterocycles. The number of barbiturate groups is 1. The molecule has 0 spiro atoms. The Labute approximate surface area is 231 Å². The summed E-state index contributed by atoms with van der Waals surface area (Å²) in [4.78, 5) is 50.7. The number of benzene rings is 3. The Morgan fingerprint density at radius 1 is 1.03 bits per heavy atom. The number of esters is 1. The van der Waals surface area contributed by atoms with Crippen LogP contribution in [0.1, 0.15) is 21.5 Å². The molecule has 1 saturated heterocycles. The summed E-state index contributed by atoms with van der Waals surface area (Å²) in [5.41, 5.74) is 1.37. The molecule has 4 amide bonds. The second kappa shape index (κ2) is 11.5. The van der Waals surface area contributed by atoms with Crippen molar-refractivity contribution in [2.24, 2.45) is 0 Å². The maximum Gasteiger partial charge on any atom is 0.337 e. The summed E-state index contributed by atoms with van der Waals surface area (Å²) in [5.74, 6) is -1.71. The first kappa shape index (κ1) is 26.9. The number of nitrogens with one attached hydrogen (secondary N) is 1. The number of imide groups is 2. The molecule has 0 unspecified atom stereocenters. The molecule has 38 heavy (non-hydrogen) atoms. The van der Waals surface area contributed by atoms with E-state index in [1.807, 2.05) is 24.3 Å². The zero-order valence-electron chi connectivity index (χ0n) is 20.1. The van der Waals surface area contributed by atoms with Crippen LogP contribution < -0.4 is 19.7 Å². The number of rotatable bonds is 7. The monoisotopic (exact) mass is 598 g/mol. The van der Waals surface area contributed by atoms with Gasteiger partial charge in [-0.05, 0) is 65.7 Å². The van der Waals surface area contributed by atoms with Gasteiger partial charge in [0.1, 0.15) is 12.2 Å². The molecule has 4 rings (SSSR count). The maximum atomic E-state index is 13.2. The summed E-state index contributed by atoms with van der Waals surface area (Å²) in [6.07, 6.45) is 1.30. The molecule has 9 nitrogen and oxygen atoms in total. The Kier molecular flexibility index (Phi) is 8.13. The van der Waals surface area contributed by atoms with Gasteiger partial charge in [0.25, 0.3) is 11.8 Å². The Hall–Kier alpha value is -4.15. The van der Waals surface area contributed by atoms with Gasteiger partial charge in [0.15, 0.2) is 11.5 Å². The van der Waals surface area contributed by atoms with Crippen LogP contribution in [0.15, 0.2) is 70.7 Å². The van der Waals surface area contributed by atoms with Crippen molar-refractivity contribution in [3.05, 3.63) is 92.4 Å². The van der Waals surface area contributed by atoms with Crippen molar-refractivity contribution in [3.63, 3.8) is 0 Å². The summed E-state index contributed by atoms with van der Waals surface area (Å²) in [5, 5.41) is 2.35. The minimum Gasteiger partial charge on any atom is -0.493 e. The Bertz CT molecular complexity index is 1450. The molecule has 0 aliphatic carbocycles. The third-order valence-electron chi connectivity index (χ3n) is 5.51. The molecule has 3 aromatic rings. The van der Waals surface area contributed by atoms with Crippen molar-refractivity contribution in [3.8, 4) is 11.5 Å². The summed E-state index contributed by atoms with van der Waals surface area (Å²) in [7, 11) is 2.68. The lowest BCUT2D eigenvalue weighted by atomic mass is 10.1. The van der Waals surface area contributed by atoms with Crippen molar-refractivity contribution < 1.29 is 33.4 Å². The smallest absolute Gasteiger partial charge is 0.337 e. The van der Waals surface area contributed by atoms with Gasteiger partial charge in [-0.25, -0.2) is 14.5 Å². The second-order valence-corrected chi connectivity index (χ2v) is 9.27. The molecule has 1 fully saturated rings. The molecule has 0 bridgehead atoms. The molecule has 1 heterocycles. The van der Waals surface area contributed by atoms with E-state index >= 15 is 0 Å². The van der Waals surface area contributed by atoms with Crippen molar-refractivity contribution in [1.29, 1.82) is 0 Å². The van der Waals surface area contributed by atoms with Crippen LogP contribution in [-0.2, 0) is 20.9 Å². The van der Waals surface area contributed by atoms with Crippen LogP contribution in [0.4, 0.5) is 10.5 Å². The van der Waals surface area contributed by atoms with E-state index in [0.717, 1.165) is 14.9 Å². The fraction of sp³-hybridized carbons (Fsp3) is 0.111.